The molecule has 1 saturated heterocycles. The second kappa shape index (κ2) is 9.83. The number of hydrogen-bond donors (Lipinski definition) is 3. The summed E-state index contributed by atoms with van der Waals surface area (Å²) in [6, 6.07) is 7.89. The summed E-state index contributed by atoms with van der Waals surface area (Å²) in [5.41, 5.74) is 7.65. The molecule has 0 bridgehead atoms. The molecular weight excluding hydrogens is 374 g/mol. The molecule has 9 nitrogen and oxygen atoms in total. The Kier molecular flexibility index (Phi) is 6.96. The van der Waals surface area contributed by atoms with Crippen molar-refractivity contribution < 1.29 is 19.1 Å². The fraction of sp³-hybridized carbons (Fsp3) is 0.400. The average molecular weight is 399 g/mol. The lowest BCUT2D eigenvalue weighted by molar-refractivity contribution is -0.146. The maximum absolute atomic E-state index is 12.7. The standard InChI is InChI=1S/C20H25N5O4/c21-16(9-15-10-22-13-24-15)20(28)25-8-4-7-17(25)19(27)23-11-18(26)29-12-14-5-2-1-3-6-14/h1-3,5-6,10,13,16-17H,4,7-9,11-12,21H2,(H,22,24)(H,23,27). The van der Waals surface area contributed by atoms with Gasteiger partial charge in [-0.2, -0.15) is 0 Å². The van der Waals surface area contributed by atoms with E-state index >= 15 is 0 Å². The predicted molar refractivity (Wildman–Crippen MR) is 104 cm³/mol. The maximum Gasteiger partial charge on any atom is 0.325 e. The Labute approximate surface area is 168 Å². The van der Waals surface area contributed by atoms with Crippen LogP contribution in [0.5, 0.6) is 0 Å². The van der Waals surface area contributed by atoms with E-state index in [1.54, 1.807) is 6.20 Å². The molecule has 2 heterocycles. The average Bonchev–Trinajstić information content (AvgIpc) is 3.42. The van der Waals surface area contributed by atoms with E-state index in [9.17, 15) is 14.4 Å². The van der Waals surface area contributed by atoms with Gasteiger partial charge in [0.25, 0.3) is 0 Å². The topological polar surface area (TPSA) is 130 Å². The van der Waals surface area contributed by atoms with E-state index in [1.165, 1.54) is 11.2 Å². The Balaban J connectivity index is 1.46. The SMILES string of the molecule is NC(Cc1cnc[nH]1)C(=O)N1CCCC1C(=O)NCC(=O)OCc1ccccc1. The normalized spacial score (nSPS) is 17.0. The number of esters is 1. The van der Waals surface area contributed by atoms with Gasteiger partial charge in [0, 0.05) is 24.9 Å². The molecule has 3 rings (SSSR count). The summed E-state index contributed by atoms with van der Waals surface area (Å²) < 4.78 is 5.15. The second-order valence-electron chi connectivity index (χ2n) is 6.94. The molecule has 0 saturated carbocycles. The van der Waals surface area contributed by atoms with Crippen molar-refractivity contribution >= 4 is 17.8 Å². The minimum atomic E-state index is -0.764. The van der Waals surface area contributed by atoms with E-state index in [-0.39, 0.29) is 25.0 Å². The molecule has 0 spiro atoms. The zero-order valence-electron chi connectivity index (χ0n) is 16.0. The number of hydrogen-bond acceptors (Lipinski definition) is 6. The number of aromatic nitrogens is 2. The minimum Gasteiger partial charge on any atom is -0.460 e. The summed E-state index contributed by atoms with van der Waals surface area (Å²) in [4.78, 5) is 45.4. The van der Waals surface area contributed by atoms with E-state index in [0.717, 1.165) is 11.3 Å². The van der Waals surface area contributed by atoms with Crippen LogP contribution >= 0.6 is 0 Å². The first kappa shape index (κ1) is 20.5. The van der Waals surface area contributed by atoms with Gasteiger partial charge in [0.1, 0.15) is 19.2 Å². The molecule has 2 unspecified atom stereocenters. The predicted octanol–water partition coefficient (Wildman–Crippen LogP) is 0.130. The number of likely N-dealkylation sites (tertiary alicyclic amines) is 1. The Morgan fingerprint density at radius 3 is 2.83 bits per heavy atom. The number of ether oxygens (including phenoxy) is 1. The monoisotopic (exact) mass is 399 g/mol. The van der Waals surface area contributed by atoms with Gasteiger partial charge in [0.15, 0.2) is 0 Å². The van der Waals surface area contributed by atoms with Crippen LogP contribution in [0.25, 0.3) is 0 Å². The number of benzene rings is 1. The van der Waals surface area contributed by atoms with Crippen LogP contribution in [0.3, 0.4) is 0 Å². The molecule has 4 N–H and O–H groups in total. The highest BCUT2D eigenvalue weighted by atomic mass is 16.5. The Morgan fingerprint density at radius 2 is 2.10 bits per heavy atom. The molecule has 29 heavy (non-hydrogen) atoms. The number of imidazole rings is 1. The van der Waals surface area contributed by atoms with Gasteiger partial charge in [0.05, 0.1) is 12.4 Å². The molecule has 1 aromatic heterocycles. The number of carbonyl (C=O) groups excluding carboxylic acids is 3. The molecule has 9 heteroatoms. The van der Waals surface area contributed by atoms with Gasteiger partial charge >= 0.3 is 5.97 Å². The van der Waals surface area contributed by atoms with Crippen LogP contribution in [0.1, 0.15) is 24.1 Å². The van der Waals surface area contributed by atoms with Crippen LogP contribution in [0.4, 0.5) is 0 Å². The first-order chi connectivity index (χ1) is 14.0. The highest BCUT2D eigenvalue weighted by molar-refractivity contribution is 5.91. The first-order valence-electron chi connectivity index (χ1n) is 9.55. The van der Waals surface area contributed by atoms with Gasteiger partial charge < -0.3 is 25.7 Å². The van der Waals surface area contributed by atoms with Gasteiger partial charge in [-0.3, -0.25) is 14.4 Å². The van der Waals surface area contributed by atoms with E-state index in [1.807, 2.05) is 30.3 Å². The van der Waals surface area contributed by atoms with Crippen molar-refractivity contribution in [3.8, 4) is 0 Å². The van der Waals surface area contributed by atoms with Crippen molar-refractivity contribution in [2.75, 3.05) is 13.1 Å². The van der Waals surface area contributed by atoms with E-state index in [4.69, 9.17) is 10.5 Å². The minimum absolute atomic E-state index is 0.145. The van der Waals surface area contributed by atoms with Crippen molar-refractivity contribution in [3.05, 3.63) is 54.1 Å². The number of carbonyl (C=O) groups is 3. The lowest BCUT2D eigenvalue weighted by Crippen LogP contribution is -2.52. The Bertz CT molecular complexity index is 825. The third-order valence-electron chi connectivity index (χ3n) is 4.80. The second-order valence-corrected chi connectivity index (χ2v) is 6.94. The molecule has 1 aliphatic heterocycles. The molecule has 0 radical (unpaired) electrons. The molecular formula is C20H25N5O4. The summed E-state index contributed by atoms with van der Waals surface area (Å²) in [5, 5.41) is 2.57. The van der Waals surface area contributed by atoms with Gasteiger partial charge in [-0.1, -0.05) is 30.3 Å². The van der Waals surface area contributed by atoms with E-state index in [0.29, 0.717) is 25.8 Å². The third kappa shape index (κ3) is 5.64. The zero-order chi connectivity index (χ0) is 20.6. The van der Waals surface area contributed by atoms with Crippen molar-refractivity contribution in [2.45, 2.75) is 38.0 Å². The fourth-order valence-electron chi connectivity index (χ4n) is 3.30. The molecule has 154 valence electrons. The van der Waals surface area contributed by atoms with Crippen LogP contribution in [-0.2, 0) is 32.1 Å². The van der Waals surface area contributed by atoms with Gasteiger partial charge in [-0.15, -0.1) is 0 Å². The molecule has 2 atom stereocenters. The van der Waals surface area contributed by atoms with Crippen molar-refractivity contribution in [3.63, 3.8) is 0 Å². The van der Waals surface area contributed by atoms with Crippen LogP contribution in [0.15, 0.2) is 42.9 Å². The molecule has 2 amide bonds. The molecule has 0 aliphatic carbocycles. The van der Waals surface area contributed by atoms with Crippen LogP contribution in [0, 0.1) is 0 Å². The lowest BCUT2D eigenvalue weighted by Gasteiger charge is -2.26. The number of rotatable bonds is 8. The molecule has 1 aromatic carbocycles. The van der Waals surface area contributed by atoms with E-state index < -0.39 is 18.1 Å². The Hall–Kier alpha value is -3.20. The van der Waals surface area contributed by atoms with Crippen molar-refractivity contribution in [1.29, 1.82) is 0 Å². The van der Waals surface area contributed by atoms with Crippen molar-refractivity contribution in [1.82, 2.24) is 20.2 Å². The number of nitrogens with two attached hydrogens (primary N) is 1. The highest BCUT2D eigenvalue weighted by Gasteiger charge is 2.36. The first-order valence-corrected chi connectivity index (χ1v) is 9.55. The van der Waals surface area contributed by atoms with E-state index in [2.05, 4.69) is 15.3 Å². The van der Waals surface area contributed by atoms with Gasteiger partial charge in [0.2, 0.25) is 11.8 Å². The van der Waals surface area contributed by atoms with Gasteiger partial charge in [-0.05, 0) is 18.4 Å². The number of amides is 2. The molecule has 2 aromatic rings. The summed E-state index contributed by atoms with van der Waals surface area (Å²) in [6.07, 6.45) is 4.69. The van der Waals surface area contributed by atoms with Crippen LogP contribution in [0.2, 0.25) is 0 Å². The number of nitrogens with one attached hydrogen (secondary N) is 2. The molecule has 1 aliphatic rings. The highest BCUT2D eigenvalue weighted by Crippen LogP contribution is 2.19. The summed E-state index contributed by atoms with van der Waals surface area (Å²) in [5.74, 6) is -1.20. The summed E-state index contributed by atoms with van der Waals surface area (Å²) >= 11 is 0. The maximum atomic E-state index is 12.7. The van der Waals surface area contributed by atoms with Crippen molar-refractivity contribution in [2.24, 2.45) is 5.73 Å². The fourth-order valence-corrected chi connectivity index (χ4v) is 3.30. The van der Waals surface area contributed by atoms with Gasteiger partial charge in [-0.25, -0.2) is 4.98 Å². The third-order valence-corrected chi connectivity index (χ3v) is 4.80. The van der Waals surface area contributed by atoms with Crippen LogP contribution < -0.4 is 11.1 Å². The summed E-state index contributed by atoms with van der Waals surface area (Å²) in [7, 11) is 0. The molecule has 1 fully saturated rings. The quantitative estimate of drug-likeness (QED) is 0.541. The number of aromatic amines is 1. The Morgan fingerprint density at radius 1 is 1.31 bits per heavy atom. The lowest BCUT2D eigenvalue weighted by atomic mass is 10.1. The summed E-state index contributed by atoms with van der Waals surface area (Å²) in [6.45, 7) is 0.364. The van der Waals surface area contributed by atoms with Crippen LogP contribution in [-0.4, -0.2) is 57.8 Å². The zero-order valence-corrected chi connectivity index (χ0v) is 16.0. The number of H-pyrrole nitrogens is 1. The smallest absolute Gasteiger partial charge is 0.325 e. The number of nitrogens with zero attached hydrogens (tertiary/aromatic N) is 2. The largest absolute Gasteiger partial charge is 0.460 e.